The SMILES string of the molecule is CCCC(CC)NS(=O)(=O)c1ncccc1F. The Kier molecular flexibility index (Phi) is 5.02. The van der Waals surface area contributed by atoms with Gasteiger partial charge in [-0.1, -0.05) is 20.3 Å². The number of aromatic nitrogens is 1. The second-order valence-electron chi connectivity index (χ2n) is 3.81. The number of nitrogens with zero attached hydrogens (tertiary/aromatic N) is 1. The highest BCUT2D eigenvalue weighted by molar-refractivity contribution is 7.89. The number of nitrogens with one attached hydrogen (secondary N) is 1. The summed E-state index contributed by atoms with van der Waals surface area (Å²) in [5, 5.41) is -0.533. The molecule has 1 atom stereocenters. The molecule has 1 rings (SSSR count). The average molecular weight is 260 g/mol. The van der Waals surface area contributed by atoms with Crippen molar-refractivity contribution in [1.82, 2.24) is 9.71 Å². The zero-order valence-electron chi connectivity index (χ0n) is 9.98. The van der Waals surface area contributed by atoms with Crippen LogP contribution in [0.15, 0.2) is 23.4 Å². The van der Waals surface area contributed by atoms with Crippen molar-refractivity contribution in [2.75, 3.05) is 0 Å². The number of sulfonamides is 1. The molecule has 96 valence electrons. The predicted octanol–water partition coefficient (Wildman–Crippen LogP) is 2.08. The predicted molar refractivity (Wildman–Crippen MR) is 63.5 cm³/mol. The molecule has 0 aliphatic rings. The van der Waals surface area contributed by atoms with Crippen LogP contribution in [0.25, 0.3) is 0 Å². The highest BCUT2D eigenvalue weighted by Crippen LogP contribution is 2.12. The van der Waals surface area contributed by atoms with Crippen molar-refractivity contribution in [1.29, 1.82) is 0 Å². The molecule has 0 amide bonds. The van der Waals surface area contributed by atoms with Crippen LogP contribution in [0.1, 0.15) is 33.1 Å². The van der Waals surface area contributed by atoms with E-state index in [0.717, 1.165) is 18.9 Å². The normalized spacial score (nSPS) is 13.6. The van der Waals surface area contributed by atoms with Crippen molar-refractivity contribution in [3.05, 3.63) is 24.1 Å². The smallest absolute Gasteiger partial charge is 0.241 e. The summed E-state index contributed by atoms with van der Waals surface area (Å²) < 4.78 is 39.6. The van der Waals surface area contributed by atoms with Crippen LogP contribution in [0.5, 0.6) is 0 Å². The zero-order valence-corrected chi connectivity index (χ0v) is 10.8. The lowest BCUT2D eigenvalue weighted by molar-refractivity contribution is 0.501. The molecule has 1 unspecified atom stereocenters. The van der Waals surface area contributed by atoms with Gasteiger partial charge in [-0.05, 0) is 25.0 Å². The van der Waals surface area contributed by atoms with Crippen molar-refractivity contribution >= 4 is 10.0 Å². The van der Waals surface area contributed by atoms with Gasteiger partial charge in [0.15, 0.2) is 5.82 Å². The lowest BCUT2D eigenvalue weighted by atomic mass is 10.1. The Balaban J connectivity index is 2.92. The van der Waals surface area contributed by atoms with Crippen LogP contribution in [0.4, 0.5) is 4.39 Å². The van der Waals surface area contributed by atoms with Crippen LogP contribution in [0.2, 0.25) is 0 Å². The van der Waals surface area contributed by atoms with Gasteiger partial charge >= 0.3 is 0 Å². The molecular formula is C11H17FN2O2S. The molecule has 1 N–H and O–H groups in total. The van der Waals surface area contributed by atoms with Gasteiger partial charge in [0.05, 0.1) is 0 Å². The molecule has 1 heterocycles. The molecule has 0 aromatic carbocycles. The van der Waals surface area contributed by atoms with Gasteiger partial charge in [-0.3, -0.25) is 0 Å². The molecule has 1 aromatic rings. The molecule has 4 nitrogen and oxygen atoms in total. The molecule has 0 aliphatic heterocycles. The van der Waals surface area contributed by atoms with Gasteiger partial charge < -0.3 is 0 Å². The van der Waals surface area contributed by atoms with Crippen LogP contribution < -0.4 is 4.72 Å². The Labute approximate surface area is 101 Å². The third-order valence-corrected chi connectivity index (χ3v) is 3.88. The molecule has 17 heavy (non-hydrogen) atoms. The monoisotopic (exact) mass is 260 g/mol. The average Bonchev–Trinajstić information content (AvgIpc) is 2.28. The third-order valence-electron chi connectivity index (χ3n) is 2.43. The summed E-state index contributed by atoms with van der Waals surface area (Å²) in [6.07, 6.45) is 3.52. The summed E-state index contributed by atoms with van der Waals surface area (Å²) in [5.74, 6) is -0.827. The van der Waals surface area contributed by atoms with E-state index in [4.69, 9.17) is 0 Å². The molecule has 0 aliphatic carbocycles. The van der Waals surface area contributed by atoms with Crippen LogP contribution in [0, 0.1) is 5.82 Å². The van der Waals surface area contributed by atoms with Gasteiger partial charge in [0.1, 0.15) is 0 Å². The molecule has 0 spiro atoms. The highest BCUT2D eigenvalue weighted by Gasteiger charge is 2.23. The topological polar surface area (TPSA) is 59.1 Å². The standard InChI is InChI=1S/C11H17FN2O2S/c1-3-6-9(4-2)14-17(15,16)11-10(12)7-5-8-13-11/h5,7-9,14H,3-4,6H2,1-2H3. The summed E-state index contributed by atoms with van der Waals surface area (Å²) in [6.45, 7) is 3.86. The maximum absolute atomic E-state index is 13.3. The largest absolute Gasteiger partial charge is 0.261 e. The second-order valence-corrected chi connectivity index (χ2v) is 5.43. The van der Waals surface area contributed by atoms with E-state index in [-0.39, 0.29) is 6.04 Å². The van der Waals surface area contributed by atoms with Crippen molar-refractivity contribution in [3.8, 4) is 0 Å². The van der Waals surface area contributed by atoms with E-state index in [2.05, 4.69) is 9.71 Å². The van der Waals surface area contributed by atoms with E-state index in [1.54, 1.807) is 0 Å². The van der Waals surface area contributed by atoms with Crippen LogP contribution >= 0.6 is 0 Å². The van der Waals surface area contributed by atoms with E-state index >= 15 is 0 Å². The first kappa shape index (κ1) is 14.1. The van der Waals surface area contributed by atoms with E-state index in [1.807, 2.05) is 13.8 Å². The second kappa shape index (κ2) is 6.07. The lowest BCUT2D eigenvalue weighted by Gasteiger charge is -2.15. The van der Waals surface area contributed by atoms with Crippen molar-refractivity contribution in [2.45, 2.75) is 44.2 Å². The lowest BCUT2D eigenvalue weighted by Crippen LogP contribution is -2.35. The quantitative estimate of drug-likeness (QED) is 0.852. The summed E-state index contributed by atoms with van der Waals surface area (Å²) in [7, 11) is -3.86. The van der Waals surface area contributed by atoms with E-state index in [1.165, 1.54) is 12.3 Å². The van der Waals surface area contributed by atoms with Gasteiger partial charge in [-0.15, -0.1) is 0 Å². The van der Waals surface area contributed by atoms with Crippen LogP contribution in [-0.4, -0.2) is 19.4 Å². The zero-order chi connectivity index (χ0) is 12.9. The van der Waals surface area contributed by atoms with Gasteiger partial charge in [0, 0.05) is 12.2 Å². The highest BCUT2D eigenvalue weighted by atomic mass is 32.2. The first-order valence-electron chi connectivity index (χ1n) is 5.64. The van der Waals surface area contributed by atoms with Gasteiger partial charge in [-0.25, -0.2) is 22.5 Å². The summed E-state index contributed by atoms with van der Waals surface area (Å²) in [5.41, 5.74) is 0. The number of hydrogen-bond donors (Lipinski definition) is 1. The Bertz CT molecular complexity index is 462. The first-order valence-corrected chi connectivity index (χ1v) is 7.12. The Hall–Kier alpha value is -1.01. The number of halogens is 1. The third kappa shape index (κ3) is 3.74. The molecule has 0 bridgehead atoms. The van der Waals surface area contributed by atoms with E-state index < -0.39 is 20.9 Å². The molecular weight excluding hydrogens is 243 g/mol. The maximum atomic E-state index is 13.3. The maximum Gasteiger partial charge on any atom is 0.261 e. The van der Waals surface area contributed by atoms with Crippen LogP contribution in [0.3, 0.4) is 0 Å². The Morgan fingerprint density at radius 3 is 2.71 bits per heavy atom. The fourth-order valence-corrected chi connectivity index (χ4v) is 2.90. The number of rotatable bonds is 6. The molecule has 6 heteroatoms. The summed E-state index contributed by atoms with van der Waals surface area (Å²) >= 11 is 0. The van der Waals surface area contributed by atoms with E-state index in [9.17, 15) is 12.8 Å². The number of hydrogen-bond acceptors (Lipinski definition) is 3. The minimum Gasteiger partial charge on any atom is -0.241 e. The van der Waals surface area contributed by atoms with Crippen LogP contribution in [-0.2, 0) is 10.0 Å². The summed E-state index contributed by atoms with van der Waals surface area (Å²) in [6, 6.07) is 2.27. The minimum atomic E-state index is -3.86. The van der Waals surface area contributed by atoms with Gasteiger partial charge in [-0.2, -0.15) is 0 Å². The van der Waals surface area contributed by atoms with Crippen molar-refractivity contribution in [2.24, 2.45) is 0 Å². The molecule has 0 fully saturated rings. The fraction of sp³-hybridized carbons (Fsp3) is 0.545. The Morgan fingerprint density at radius 1 is 1.47 bits per heavy atom. The molecule has 0 radical (unpaired) electrons. The van der Waals surface area contributed by atoms with E-state index in [0.29, 0.717) is 6.42 Å². The first-order chi connectivity index (χ1) is 8.01. The van der Waals surface area contributed by atoms with Crippen molar-refractivity contribution < 1.29 is 12.8 Å². The fourth-order valence-electron chi connectivity index (χ4n) is 1.54. The van der Waals surface area contributed by atoms with Crippen molar-refractivity contribution in [3.63, 3.8) is 0 Å². The van der Waals surface area contributed by atoms with Gasteiger partial charge in [0.25, 0.3) is 10.0 Å². The minimum absolute atomic E-state index is 0.175. The van der Waals surface area contributed by atoms with Gasteiger partial charge in [0.2, 0.25) is 5.03 Å². The summed E-state index contributed by atoms with van der Waals surface area (Å²) in [4.78, 5) is 3.57. The Morgan fingerprint density at radius 2 is 2.18 bits per heavy atom. The molecule has 1 aromatic heterocycles. The molecule has 0 saturated heterocycles. The number of pyridine rings is 1. The molecule has 0 saturated carbocycles.